The second kappa shape index (κ2) is 10.2. The number of hydrogen-bond donors (Lipinski definition) is 1. The second-order valence-corrected chi connectivity index (χ2v) is 8.14. The third kappa shape index (κ3) is 5.18. The Bertz CT molecular complexity index is 1270. The van der Waals surface area contributed by atoms with Crippen LogP contribution in [0.1, 0.15) is 11.1 Å². The van der Waals surface area contributed by atoms with Crippen molar-refractivity contribution in [1.29, 1.82) is 0 Å². The Kier molecular flexibility index (Phi) is 6.87. The van der Waals surface area contributed by atoms with Gasteiger partial charge in [0.05, 0.1) is 30.3 Å². The number of ether oxygens (including phenoxy) is 1. The zero-order chi connectivity index (χ0) is 22.3. The van der Waals surface area contributed by atoms with E-state index < -0.39 is 0 Å². The molecule has 7 heteroatoms. The number of para-hydroxylation sites is 1. The van der Waals surface area contributed by atoms with Gasteiger partial charge in [-0.05, 0) is 35.4 Å². The molecule has 3 aromatic carbocycles. The van der Waals surface area contributed by atoms with E-state index in [1.165, 1.54) is 11.8 Å². The number of hydrogen-bond acceptors (Lipinski definition) is 5. The molecule has 0 bridgehead atoms. The van der Waals surface area contributed by atoms with Crippen LogP contribution >= 0.6 is 11.8 Å². The zero-order valence-electron chi connectivity index (χ0n) is 17.7. The minimum Gasteiger partial charge on any atom is -0.497 e. The Hall–Kier alpha value is -3.58. The first kappa shape index (κ1) is 21.6. The molecule has 1 heterocycles. The molecular formula is C25H23N3O3S. The van der Waals surface area contributed by atoms with Crippen molar-refractivity contribution < 1.29 is 9.53 Å². The third-order valence-electron chi connectivity index (χ3n) is 4.99. The van der Waals surface area contributed by atoms with Gasteiger partial charge < -0.3 is 10.1 Å². The smallest absolute Gasteiger partial charge is 0.262 e. The van der Waals surface area contributed by atoms with Crippen LogP contribution in [0.15, 0.2) is 88.8 Å². The van der Waals surface area contributed by atoms with Gasteiger partial charge in [-0.3, -0.25) is 14.2 Å². The zero-order valence-corrected chi connectivity index (χ0v) is 18.5. The Morgan fingerprint density at radius 2 is 1.69 bits per heavy atom. The molecular weight excluding hydrogens is 422 g/mol. The third-order valence-corrected chi connectivity index (χ3v) is 5.97. The molecule has 1 aromatic heterocycles. The standard InChI is InChI=1S/C25H23N3O3S/c1-31-20-13-11-18(12-14-20)15-26-23(29)17-32-25-27-22-10-6-5-9-21(22)24(30)28(25)16-19-7-3-2-4-8-19/h2-14H,15-17H2,1H3,(H,26,29). The second-order valence-electron chi connectivity index (χ2n) is 7.20. The average Bonchev–Trinajstić information content (AvgIpc) is 2.84. The number of carbonyl (C=O) groups is 1. The summed E-state index contributed by atoms with van der Waals surface area (Å²) in [4.78, 5) is 30.3. The van der Waals surface area contributed by atoms with Crippen LogP contribution in [0.3, 0.4) is 0 Å². The van der Waals surface area contributed by atoms with Crippen LogP contribution in [0.5, 0.6) is 5.75 Å². The van der Waals surface area contributed by atoms with Gasteiger partial charge in [0.25, 0.3) is 5.56 Å². The highest BCUT2D eigenvalue weighted by Gasteiger charge is 2.13. The summed E-state index contributed by atoms with van der Waals surface area (Å²) >= 11 is 1.26. The number of nitrogens with one attached hydrogen (secondary N) is 1. The van der Waals surface area contributed by atoms with Crippen molar-refractivity contribution >= 4 is 28.6 Å². The molecule has 0 spiro atoms. The molecule has 1 N–H and O–H groups in total. The van der Waals surface area contributed by atoms with Crippen LogP contribution in [-0.2, 0) is 17.9 Å². The summed E-state index contributed by atoms with van der Waals surface area (Å²) < 4.78 is 6.79. The molecule has 32 heavy (non-hydrogen) atoms. The Labute approximate surface area is 190 Å². The van der Waals surface area contributed by atoms with Gasteiger partial charge in [-0.1, -0.05) is 66.4 Å². The van der Waals surface area contributed by atoms with Crippen molar-refractivity contribution in [3.63, 3.8) is 0 Å². The number of thioether (sulfide) groups is 1. The first-order chi connectivity index (χ1) is 15.6. The monoisotopic (exact) mass is 445 g/mol. The van der Waals surface area contributed by atoms with Gasteiger partial charge in [0.2, 0.25) is 5.91 Å². The lowest BCUT2D eigenvalue weighted by Gasteiger charge is -2.13. The van der Waals surface area contributed by atoms with Crippen LogP contribution in [0.4, 0.5) is 0 Å². The molecule has 0 aliphatic carbocycles. The van der Waals surface area contributed by atoms with Gasteiger partial charge in [0, 0.05) is 6.54 Å². The van der Waals surface area contributed by atoms with E-state index in [0.717, 1.165) is 16.9 Å². The maximum absolute atomic E-state index is 13.2. The van der Waals surface area contributed by atoms with E-state index in [2.05, 4.69) is 10.3 Å². The molecule has 0 radical (unpaired) electrons. The Balaban J connectivity index is 1.50. The van der Waals surface area contributed by atoms with Crippen molar-refractivity contribution in [3.05, 3.63) is 100 Å². The predicted octanol–water partition coefficient (Wildman–Crippen LogP) is 3.86. The summed E-state index contributed by atoms with van der Waals surface area (Å²) in [5, 5.41) is 4.00. The van der Waals surface area contributed by atoms with Crippen molar-refractivity contribution in [3.8, 4) is 5.75 Å². The predicted molar refractivity (Wildman–Crippen MR) is 127 cm³/mol. The molecule has 0 atom stereocenters. The van der Waals surface area contributed by atoms with Crippen molar-refractivity contribution in [2.45, 2.75) is 18.2 Å². The van der Waals surface area contributed by atoms with Crippen LogP contribution in [-0.4, -0.2) is 28.3 Å². The minimum absolute atomic E-state index is 0.111. The fraction of sp³-hybridized carbons (Fsp3) is 0.160. The van der Waals surface area contributed by atoms with E-state index >= 15 is 0 Å². The SMILES string of the molecule is COc1ccc(CNC(=O)CSc2nc3ccccc3c(=O)n2Cc2ccccc2)cc1. The van der Waals surface area contributed by atoms with Crippen LogP contribution in [0.2, 0.25) is 0 Å². The number of methoxy groups -OCH3 is 1. The van der Waals surface area contributed by atoms with Crippen LogP contribution in [0, 0.1) is 0 Å². The molecule has 0 saturated heterocycles. The molecule has 4 aromatic rings. The van der Waals surface area contributed by atoms with E-state index in [0.29, 0.717) is 29.1 Å². The van der Waals surface area contributed by atoms with E-state index in [-0.39, 0.29) is 17.2 Å². The number of nitrogens with zero attached hydrogens (tertiary/aromatic N) is 2. The lowest BCUT2D eigenvalue weighted by molar-refractivity contribution is -0.118. The number of rotatable bonds is 8. The molecule has 0 fully saturated rings. The number of aromatic nitrogens is 2. The van der Waals surface area contributed by atoms with Gasteiger partial charge in [-0.15, -0.1) is 0 Å². The molecule has 1 amide bonds. The van der Waals surface area contributed by atoms with Gasteiger partial charge in [-0.2, -0.15) is 0 Å². The van der Waals surface area contributed by atoms with Crippen molar-refractivity contribution in [2.24, 2.45) is 0 Å². The lowest BCUT2D eigenvalue weighted by Crippen LogP contribution is -2.27. The van der Waals surface area contributed by atoms with E-state index in [9.17, 15) is 9.59 Å². The average molecular weight is 446 g/mol. The highest BCUT2D eigenvalue weighted by Crippen LogP contribution is 2.19. The summed E-state index contributed by atoms with van der Waals surface area (Å²) in [6.45, 7) is 0.818. The summed E-state index contributed by atoms with van der Waals surface area (Å²) in [7, 11) is 1.62. The Morgan fingerprint density at radius 3 is 2.44 bits per heavy atom. The molecule has 0 unspecified atom stereocenters. The van der Waals surface area contributed by atoms with Gasteiger partial charge in [-0.25, -0.2) is 4.98 Å². The highest BCUT2D eigenvalue weighted by molar-refractivity contribution is 7.99. The largest absolute Gasteiger partial charge is 0.497 e. The number of fused-ring (bicyclic) bond motifs is 1. The molecule has 0 saturated carbocycles. The quantitative estimate of drug-likeness (QED) is 0.329. The number of amides is 1. The van der Waals surface area contributed by atoms with Crippen LogP contribution in [0.25, 0.3) is 10.9 Å². The lowest BCUT2D eigenvalue weighted by atomic mass is 10.2. The van der Waals surface area contributed by atoms with Crippen molar-refractivity contribution in [2.75, 3.05) is 12.9 Å². The normalized spacial score (nSPS) is 10.8. The van der Waals surface area contributed by atoms with E-state index in [4.69, 9.17) is 4.74 Å². The highest BCUT2D eigenvalue weighted by atomic mass is 32.2. The minimum atomic E-state index is -0.125. The topological polar surface area (TPSA) is 73.2 Å². The number of benzene rings is 3. The van der Waals surface area contributed by atoms with Gasteiger partial charge in [0.15, 0.2) is 5.16 Å². The fourth-order valence-electron chi connectivity index (χ4n) is 3.29. The first-order valence-electron chi connectivity index (χ1n) is 10.2. The molecule has 162 valence electrons. The van der Waals surface area contributed by atoms with E-state index in [1.807, 2.05) is 72.8 Å². The maximum Gasteiger partial charge on any atom is 0.262 e. The summed E-state index contributed by atoms with van der Waals surface area (Å²) in [6.07, 6.45) is 0. The molecule has 0 aliphatic heterocycles. The summed E-state index contributed by atoms with van der Waals surface area (Å²) in [5.74, 6) is 0.810. The van der Waals surface area contributed by atoms with E-state index in [1.54, 1.807) is 17.7 Å². The molecule has 6 nitrogen and oxygen atoms in total. The summed E-state index contributed by atoms with van der Waals surface area (Å²) in [6, 6.07) is 24.6. The summed E-state index contributed by atoms with van der Waals surface area (Å²) in [5.41, 5.74) is 2.50. The Morgan fingerprint density at radius 1 is 0.969 bits per heavy atom. The molecule has 0 aliphatic rings. The van der Waals surface area contributed by atoms with Crippen LogP contribution < -0.4 is 15.6 Å². The first-order valence-corrected chi connectivity index (χ1v) is 11.2. The van der Waals surface area contributed by atoms with Crippen molar-refractivity contribution in [1.82, 2.24) is 14.9 Å². The number of carbonyl (C=O) groups excluding carboxylic acids is 1. The maximum atomic E-state index is 13.2. The fourth-order valence-corrected chi connectivity index (χ4v) is 4.12. The van der Waals surface area contributed by atoms with Gasteiger partial charge in [0.1, 0.15) is 5.75 Å². The molecule has 4 rings (SSSR count). The van der Waals surface area contributed by atoms with Gasteiger partial charge >= 0.3 is 0 Å².